The van der Waals surface area contributed by atoms with Gasteiger partial charge in [-0.1, -0.05) is 6.07 Å². The van der Waals surface area contributed by atoms with E-state index in [0.717, 1.165) is 38.2 Å². The topological polar surface area (TPSA) is 71.0 Å². The molecule has 0 atom stereocenters. The Morgan fingerprint density at radius 3 is 2.75 bits per heavy atom. The average Bonchev–Trinajstić information content (AvgIpc) is 2.57. The molecule has 0 radical (unpaired) electrons. The Labute approximate surface area is 142 Å². The number of aromatic nitrogens is 3. The number of nitrogens with one attached hydrogen (secondary N) is 1. The second-order valence-electron chi connectivity index (χ2n) is 6.30. The number of Topliss-reactive ketones (excluding diaryl/α,β-unsaturated/α-hetero) is 1. The second-order valence-corrected chi connectivity index (χ2v) is 6.30. The molecule has 24 heavy (non-hydrogen) atoms. The summed E-state index contributed by atoms with van der Waals surface area (Å²) in [5.74, 6) is 0.617. The van der Waals surface area contributed by atoms with E-state index < -0.39 is 0 Å². The van der Waals surface area contributed by atoms with Crippen molar-refractivity contribution in [1.82, 2.24) is 19.9 Å². The van der Waals surface area contributed by atoms with Crippen LogP contribution < -0.4 is 5.32 Å². The van der Waals surface area contributed by atoms with E-state index in [4.69, 9.17) is 0 Å². The van der Waals surface area contributed by atoms with Crippen LogP contribution in [0.15, 0.2) is 30.7 Å². The van der Waals surface area contributed by atoms with Gasteiger partial charge >= 0.3 is 0 Å². The second kappa shape index (κ2) is 7.49. The summed E-state index contributed by atoms with van der Waals surface area (Å²) < 4.78 is 0. The fourth-order valence-corrected chi connectivity index (χ4v) is 3.05. The Morgan fingerprint density at radius 1 is 1.33 bits per heavy atom. The van der Waals surface area contributed by atoms with E-state index in [1.54, 1.807) is 12.4 Å². The molecule has 0 aromatic carbocycles. The molecule has 1 fully saturated rings. The minimum Gasteiger partial charge on any atom is -0.351 e. The highest BCUT2D eigenvalue weighted by atomic mass is 16.1. The number of carbonyl (C=O) groups is 1. The Bertz CT molecular complexity index is 696. The van der Waals surface area contributed by atoms with Crippen molar-refractivity contribution in [2.75, 3.05) is 18.4 Å². The quantitative estimate of drug-likeness (QED) is 0.852. The molecule has 1 aliphatic heterocycles. The van der Waals surface area contributed by atoms with Gasteiger partial charge in [0.05, 0.1) is 11.3 Å². The van der Waals surface area contributed by atoms with Gasteiger partial charge in [-0.05, 0) is 38.3 Å². The summed E-state index contributed by atoms with van der Waals surface area (Å²) in [7, 11) is 0. The lowest BCUT2D eigenvalue weighted by atomic mass is 10.0. The number of ketones is 1. The lowest BCUT2D eigenvalue weighted by Gasteiger charge is -2.32. The summed E-state index contributed by atoms with van der Waals surface area (Å²) in [5.41, 5.74) is 2.57. The van der Waals surface area contributed by atoms with Crippen molar-refractivity contribution in [2.45, 2.75) is 39.3 Å². The molecule has 1 aliphatic rings. The van der Waals surface area contributed by atoms with Gasteiger partial charge in [0.15, 0.2) is 5.78 Å². The Balaban J connectivity index is 1.52. The SMILES string of the molecule is CC(=O)c1cnc(NC2CCN(Cc3cccnc3)CC2)nc1C. The van der Waals surface area contributed by atoms with Crippen molar-refractivity contribution in [3.8, 4) is 0 Å². The first-order chi connectivity index (χ1) is 11.6. The highest BCUT2D eigenvalue weighted by Crippen LogP contribution is 2.17. The number of aryl methyl sites for hydroxylation is 1. The van der Waals surface area contributed by atoms with Crippen LogP contribution in [0.1, 0.15) is 41.4 Å². The largest absolute Gasteiger partial charge is 0.351 e. The standard InChI is InChI=1S/C18H23N5O/c1-13-17(14(2)24)11-20-18(21-13)22-16-5-8-23(9-6-16)12-15-4-3-7-19-10-15/h3-4,7,10-11,16H,5-6,8-9,12H2,1-2H3,(H,20,21,22). The molecule has 0 spiro atoms. The molecular formula is C18H23N5O. The monoisotopic (exact) mass is 325 g/mol. The predicted octanol–water partition coefficient (Wildman–Crippen LogP) is 2.46. The number of rotatable bonds is 5. The van der Waals surface area contributed by atoms with Crippen molar-refractivity contribution in [2.24, 2.45) is 0 Å². The highest BCUT2D eigenvalue weighted by molar-refractivity contribution is 5.94. The normalized spacial score (nSPS) is 16.1. The van der Waals surface area contributed by atoms with Crippen LogP contribution in [-0.2, 0) is 6.54 Å². The fourth-order valence-electron chi connectivity index (χ4n) is 3.05. The van der Waals surface area contributed by atoms with Gasteiger partial charge in [-0.2, -0.15) is 0 Å². The van der Waals surface area contributed by atoms with Gasteiger partial charge in [-0.15, -0.1) is 0 Å². The van der Waals surface area contributed by atoms with Gasteiger partial charge in [0.2, 0.25) is 5.95 Å². The summed E-state index contributed by atoms with van der Waals surface area (Å²) >= 11 is 0. The number of likely N-dealkylation sites (tertiary alicyclic amines) is 1. The van der Waals surface area contributed by atoms with E-state index >= 15 is 0 Å². The molecule has 1 N–H and O–H groups in total. The fraction of sp³-hybridized carbons (Fsp3) is 0.444. The van der Waals surface area contributed by atoms with Crippen LogP contribution in [0.25, 0.3) is 0 Å². The molecule has 0 aliphatic carbocycles. The average molecular weight is 325 g/mol. The number of hydrogen-bond acceptors (Lipinski definition) is 6. The number of pyridine rings is 1. The zero-order valence-corrected chi connectivity index (χ0v) is 14.2. The maximum Gasteiger partial charge on any atom is 0.223 e. The predicted molar refractivity (Wildman–Crippen MR) is 92.9 cm³/mol. The van der Waals surface area contributed by atoms with Gasteiger partial charge in [0, 0.05) is 44.3 Å². The molecule has 3 heterocycles. The minimum absolute atomic E-state index is 0.00256. The van der Waals surface area contributed by atoms with Crippen molar-refractivity contribution in [3.63, 3.8) is 0 Å². The first kappa shape index (κ1) is 16.5. The van der Waals surface area contributed by atoms with Gasteiger partial charge < -0.3 is 5.32 Å². The van der Waals surface area contributed by atoms with Crippen molar-refractivity contribution in [3.05, 3.63) is 47.5 Å². The number of carbonyl (C=O) groups excluding carboxylic acids is 1. The number of nitrogens with zero attached hydrogens (tertiary/aromatic N) is 4. The summed E-state index contributed by atoms with van der Waals surface area (Å²) in [4.78, 5) is 26.7. The summed E-state index contributed by atoms with van der Waals surface area (Å²) in [5, 5.41) is 3.40. The number of piperidine rings is 1. The molecule has 0 saturated carbocycles. The lowest BCUT2D eigenvalue weighted by molar-refractivity contribution is 0.101. The maximum atomic E-state index is 11.4. The van der Waals surface area contributed by atoms with Crippen LogP contribution in [0.5, 0.6) is 0 Å². The minimum atomic E-state index is 0.00256. The third kappa shape index (κ3) is 4.14. The van der Waals surface area contributed by atoms with Crippen LogP contribution in [0.3, 0.4) is 0 Å². The Kier molecular flexibility index (Phi) is 5.15. The number of anilines is 1. The van der Waals surface area contributed by atoms with E-state index in [0.29, 0.717) is 17.6 Å². The van der Waals surface area contributed by atoms with Gasteiger partial charge in [-0.25, -0.2) is 9.97 Å². The molecule has 2 aromatic rings. The molecule has 126 valence electrons. The highest BCUT2D eigenvalue weighted by Gasteiger charge is 2.20. The third-order valence-electron chi connectivity index (χ3n) is 4.41. The Hall–Kier alpha value is -2.34. The van der Waals surface area contributed by atoms with Crippen LogP contribution in [0.2, 0.25) is 0 Å². The van der Waals surface area contributed by atoms with Crippen molar-refractivity contribution in [1.29, 1.82) is 0 Å². The van der Waals surface area contributed by atoms with Crippen molar-refractivity contribution >= 4 is 11.7 Å². The molecule has 2 aromatic heterocycles. The summed E-state index contributed by atoms with van der Waals surface area (Å²) in [6.45, 7) is 6.41. The molecular weight excluding hydrogens is 302 g/mol. The van der Waals surface area contributed by atoms with E-state index in [-0.39, 0.29) is 5.78 Å². The molecule has 0 amide bonds. The van der Waals surface area contributed by atoms with Crippen LogP contribution in [0.4, 0.5) is 5.95 Å². The zero-order valence-electron chi connectivity index (χ0n) is 14.2. The summed E-state index contributed by atoms with van der Waals surface area (Å²) in [6, 6.07) is 4.47. The van der Waals surface area contributed by atoms with Crippen LogP contribution >= 0.6 is 0 Å². The lowest BCUT2D eigenvalue weighted by Crippen LogP contribution is -2.39. The van der Waals surface area contributed by atoms with Gasteiger partial charge in [0.25, 0.3) is 0 Å². The van der Waals surface area contributed by atoms with E-state index in [1.807, 2.05) is 19.2 Å². The molecule has 0 bridgehead atoms. The first-order valence-electron chi connectivity index (χ1n) is 8.34. The van der Waals surface area contributed by atoms with Gasteiger partial charge in [0.1, 0.15) is 0 Å². The molecule has 3 rings (SSSR count). The molecule has 1 saturated heterocycles. The van der Waals surface area contributed by atoms with Gasteiger partial charge in [-0.3, -0.25) is 14.7 Å². The van der Waals surface area contributed by atoms with Crippen molar-refractivity contribution < 1.29 is 4.79 Å². The van der Waals surface area contributed by atoms with Crippen LogP contribution in [-0.4, -0.2) is 44.8 Å². The number of hydrogen-bond donors (Lipinski definition) is 1. The molecule has 6 heteroatoms. The van der Waals surface area contributed by atoms with E-state index in [1.165, 1.54) is 12.5 Å². The molecule has 0 unspecified atom stereocenters. The van der Waals surface area contributed by atoms with Crippen LogP contribution in [0, 0.1) is 6.92 Å². The van der Waals surface area contributed by atoms with E-state index in [2.05, 4.69) is 31.2 Å². The first-order valence-corrected chi connectivity index (χ1v) is 8.34. The zero-order chi connectivity index (χ0) is 16.9. The maximum absolute atomic E-state index is 11.4. The Morgan fingerprint density at radius 2 is 2.12 bits per heavy atom. The third-order valence-corrected chi connectivity index (χ3v) is 4.41. The smallest absolute Gasteiger partial charge is 0.223 e. The molecule has 6 nitrogen and oxygen atoms in total. The summed E-state index contributed by atoms with van der Waals surface area (Å²) in [6.07, 6.45) is 7.45. The van der Waals surface area contributed by atoms with E-state index in [9.17, 15) is 4.79 Å².